The average Bonchev–Trinajstić information content (AvgIpc) is 3.66. The number of rotatable bonds is 3. The van der Waals surface area contributed by atoms with E-state index in [-0.39, 0.29) is 6.10 Å². The van der Waals surface area contributed by atoms with Gasteiger partial charge in [0.2, 0.25) is 5.88 Å². The molecule has 0 radical (unpaired) electrons. The van der Waals surface area contributed by atoms with Gasteiger partial charge in [-0.15, -0.1) is 0 Å². The second-order valence-electron chi connectivity index (χ2n) is 9.71. The summed E-state index contributed by atoms with van der Waals surface area (Å²) in [6, 6.07) is 6.32. The zero-order chi connectivity index (χ0) is 24.6. The van der Waals surface area contributed by atoms with E-state index in [9.17, 15) is 0 Å². The molecular weight excluding hydrogens is 454 g/mol. The van der Waals surface area contributed by atoms with Crippen LogP contribution in [0.5, 0.6) is 5.88 Å². The molecular formula is C27H33N7O2. The normalized spacial score (nSPS) is 19.6. The molecule has 1 atom stereocenters. The van der Waals surface area contributed by atoms with Crippen LogP contribution in [0.3, 0.4) is 0 Å². The number of benzene rings is 1. The molecule has 5 heterocycles. The molecule has 6 rings (SSSR count). The van der Waals surface area contributed by atoms with Crippen LogP contribution in [0.2, 0.25) is 0 Å². The third-order valence-electron chi connectivity index (χ3n) is 7.32. The Morgan fingerprint density at radius 3 is 2.83 bits per heavy atom. The van der Waals surface area contributed by atoms with Crippen LogP contribution < -0.4 is 4.74 Å². The zero-order valence-corrected chi connectivity index (χ0v) is 21.2. The first kappa shape index (κ1) is 23.0. The number of nitrogens with one attached hydrogen (secondary N) is 1. The summed E-state index contributed by atoms with van der Waals surface area (Å²) in [6.07, 6.45) is 8.49. The first-order valence-corrected chi connectivity index (χ1v) is 12.8. The average molecular weight is 488 g/mol. The van der Waals surface area contributed by atoms with E-state index in [1.165, 1.54) is 25.9 Å². The topological polar surface area (TPSA) is 86.0 Å². The van der Waals surface area contributed by atoms with Crippen LogP contribution in [0.15, 0.2) is 24.4 Å². The number of H-pyrrole nitrogens is 1. The molecule has 1 aromatic carbocycles. The van der Waals surface area contributed by atoms with E-state index in [2.05, 4.69) is 57.5 Å². The molecule has 0 spiro atoms. The number of aromatic nitrogens is 6. The Hall–Kier alpha value is -3.43. The number of ether oxygens (including phenoxy) is 2. The van der Waals surface area contributed by atoms with Crippen molar-refractivity contribution in [2.24, 2.45) is 7.05 Å². The highest BCUT2D eigenvalue weighted by Crippen LogP contribution is 2.33. The highest BCUT2D eigenvalue weighted by Gasteiger charge is 2.21. The molecule has 0 amide bonds. The fourth-order valence-electron chi connectivity index (χ4n) is 5.40. The summed E-state index contributed by atoms with van der Waals surface area (Å²) in [5.74, 6) is 0.791. The van der Waals surface area contributed by atoms with Crippen LogP contribution in [0, 0.1) is 6.92 Å². The summed E-state index contributed by atoms with van der Waals surface area (Å²) in [6.45, 7) is 9.12. The van der Waals surface area contributed by atoms with Crippen LogP contribution in [0.1, 0.15) is 48.5 Å². The third-order valence-corrected chi connectivity index (χ3v) is 7.32. The monoisotopic (exact) mass is 487 g/mol. The molecule has 0 saturated carbocycles. The standard InChI is InChI=1S/C27H33N7O2/c1-18-21-7-9-25-22-16-20(6-8-24(22)29-30-25)23-17-28-32(3)26(23)19(2)35-14-15-36-27(21)34(31-18)13-12-33-10-4-5-11-33/h6-9,16-17,19H,4-5,10-15H2,1-3H3,(H,29,30)/b9-7+. The second-order valence-corrected chi connectivity index (χ2v) is 9.71. The van der Waals surface area contributed by atoms with E-state index < -0.39 is 0 Å². The Morgan fingerprint density at radius 2 is 1.97 bits per heavy atom. The van der Waals surface area contributed by atoms with Crippen molar-refractivity contribution in [3.63, 3.8) is 0 Å². The van der Waals surface area contributed by atoms with Crippen LogP contribution in [0.4, 0.5) is 0 Å². The lowest BCUT2D eigenvalue weighted by atomic mass is 10.0. The van der Waals surface area contributed by atoms with Crippen LogP contribution in [0.25, 0.3) is 34.2 Å². The summed E-state index contributed by atoms with van der Waals surface area (Å²) in [5.41, 5.74) is 7.01. The lowest BCUT2D eigenvalue weighted by Crippen LogP contribution is -2.25. The number of aromatic amines is 1. The van der Waals surface area contributed by atoms with Gasteiger partial charge in [0.15, 0.2) is 0 Å². The van der Waals surface area contributed by atoms with Gasteiger partial charge in [-0.2, -0.15) is 15.3 Å². The molecule has 3 aromatic heterocycles. The molecule has 9 nitrogen and oxygen atoms in total. The minimum Gasteiger partial charge on any atom is -0.475 e. The summed E-state index contributed by atoms with van der Waals surface area (Å²) >= 11 is 0. The number of hydrogen-bond acceptors (Lipinski definition) is 6. The Bertz CT molecular complexity index is 1410. The van der Waals surface area contributed by atoms with Gasteiger partial charge in [0.1, 0.15) is 6.61 Å². The molecule has 9 heteroatoms. The highest BCUT2D eigenvalue weighted by molar-refractivity contribution is 5.93. The van der Waals surface area contributed by atoms with E-state index in [0.29, 0.717) is 13.2 Å². The van der Waals surface area contributed by atoms with Crippen molar-refractivity contribution in [3.8, 4) is 17.0 Å². The van der Waals surface area contributed by atoms with Gasteiger partial charge in [0, 0.05) is 24.5 Å². The third kappa shape index (κ3) is 4.22. The summed E-state index contributed by atoms with van der Waals surface area (Å²) in [7, 11) is 1.96. The molecule has 4 aromatic rings. The first-order chi connectivity index (χ1) is 17.6. The lowest BCUT2D eigenvalue weighted by molar-refractivity contribution is 0.0377. The summed E-state index contributed by atoms with van der Waals surface area (Å²) in [4.78, 5) is 2.50. The fourth-order valence-corrected chi connectivity index (χ4v) is 5.40. The number of fused-ring (bicyclic) bond motifs is 4. The number of aryl methyl sites for hydroxylation is 2. The molecule has 1 saturated heterocycles. The molecule has 36 heavy (non-hydrogen) atoms. The zero-order valence-electron chi connectivity index (χ0n) is 21.2. The first-order valence-electron chi connectivity index (χ1n) is 12.8. The molecule has 1 unspecified atom stereocenters. The van der Waals surface area contributed by atoms with Gasteiger partial charge < -0.3 is 14.4 Å². The van der Waals surface area contributed by atoms with E-state index in [4.69, 9.17) is 14.6 Å². The van der Waals surface area contributed by atoms with Gasteiger partial charge in [-0.25, -0.2) is 4.68 Å². The molecule has 188 valence electrons. The molecule has 1 N–H and O–H groups in total. The second kappa shape index (κ2) is 9.55. The van der Waals surface area contributed by atoms with Gasteiger partial charge in [-0.1, -0.05) is 6.07 Å². The number of likely N-dealkylation sites (tertiary alicyclic amines) is 1. The van der Waals surface area contributed by atoms with Gasteiger partial charge in [0.05, 0.1) is 53.6 Å². The van der Waals surface area contributed by atoms with Crippen LogP contribution in [-0.4, -0.2) is 67.5 Å². The lowest BCUT2D eigenvalue weighted by Gasteiger charge is -2.18. The minimum atomic E-state index is -0.139. The Kier molecular flexibility index (Phi) is 6.10. The van der Waals surface area contributed by atoms with Crippen LogP contribution >= 0.6 is 0 Å². The van der Waals surface area contributed by atoms with Gasteiger partial charge >= 0.3 is 0 Å². The Morgan fingerprint density at radius 1 is 1.11 bits per heavy atom. The van der Waals surface area contributed by atoms with E-state index in [1.54, 1.807) is 0 Å². The maximum atomic E-state index is 6.34. The van der Waals surface area contributed by atoms with Crippen molar-refractivity contribution in [1.82, 2.24) is 34.7 Å². The summed E-state index contributed by atoms with van der Waals surface area (Å²) < 4.78 is 16.5. The minimum absolute atomic E-state index is 0.139. The van der Waals surface area contributed by atoms with Crippen LogP contribution in [-0.2, 0) is 18.3 Å². The smallest absolute Gasteiger partial charge is 0.219 e. The molecule has 1 fully saturated rings. The fraction of sp³-hybridized carbons (Fsp3) is 0.444. The van der Waals surface area contributed by atoms with E-state index in [0.717, 1.165) is 63.6 Å². The predicted octanol–water partition coefficient (Wildman–Crippen LogP) is 4.20. The number of hydrogen-bond donors (Lipinski definition) is 1. The predicted molar refractivity (Wildman–Crippen MR) is 140 cm³/mol. The van der Waals surface area contributed by atoms with Crippen molar-refractivity contribution in [2.45, 2.75) is 39.3 Å². The summed E-state index contributed by atoms with van der Waals surface area (Å²) in [5, 5.41) is 18.2. The highest BCUT2D eigenvalue weighted by atomic mass is 16.5. The molecule has 0 aliphatic carbocycles. The quantitative estimate of drug-likeness (QED) is 0.466. The van der Waals surface area contributed by atoms with Gasteiger partial charge in [0.25, 0.3) is 0 Å². The molecule has 2 bridgehead atoms. The largest absolute Gasteiger partial charge is 0.475 e. The molecule has 2 aliphatic rings. The maximum absolute atomic E-state index is 6.34. The number of nitrogens with zero attached hydrogens (tertiary/aromatic N) is 6. The van der Waals surface area contributed by atoms with Crippen molar-refractivity contribution >= 4 is 23.1 Å². The maximum Gasteiger partial charge on any atom is 0.219 e. The Balaban J connectivity index is 1.40. The van der Waals surface area contributed by atoms with Crippen molar-refractivity contribution in [1.29, 1.82) is 0 Å². The van der Waals surface area contributed by atoms with E-state index in [1.807, 2.05) is 29.5 Å². The SMILES string of the molecule is Cc1nn(CCN2CCCC2)c2c1/C=C/c1[nH]nc3ccc(cc13)-c1cnn(C)c1C(C)OCCO2. The molecule has 2 aliphatic heterocycles. The van der Waals surface area contributed by atoms with Crippen molar-refractivity contribution in [3.05, 3.63) is 47.0 Å². The van der Waals surface area contributed by atoms with Gasteiger partial charge in [-0.05, 0) is 69.6 Å². The van der Waals surface area contributed by atoms with Crippen molar-refractivity contribution in [2.75, 3.05) is 32.8 Å². The van der Waals surface area contributed by atoms with E-state index >= 15 is 0 Å². The van der Waals surface area contributed by atoms with Crippen molar-refractivity contribution < 1.29 is 9.47 Å². The van der Waals surface area contributed by atoms with Gasteiger partial charge in [-0.3, -0.25) is 9.78 Å². The Labute approximate surface area is 210 Å².